The largest absolute Gasteiger partial charge is 0.309 e. The topological polar surface area (TPSA) is 38.4 Å². The van der Waals surface area contributed by atoms with Gasteiger partial charge in [-0.3, -0.25) is 9.30 Å². The molecule has 0 saturated heterocycles. The lowest BCUT2D eigenvalue weighted by Gasteiger charge is -2.43. The number of hydrogen-bond donors (Lipinski definition) is 0. The number of aromatic nitrogens is 4. The van der Waals surface area contributed by atoms with Gasteiger partial charge in [-0.1, -0.05) is 166 Å². The Morgan fingerprint density at radius 2 is 1.03 bits per heavy atom. The van der Waals surface area contributed by atoms with E-state index < -0.39 is 8.07 Å². The SMILES string of the molecule is CC1(C)c2ccc([Si](c3ccccc3)(c3ccccc3)c3ccc4c5ccccc5n5ccnc5c4c3)cc2N(c2ccccn2)c2cc3c(cc21)c1ccccc1n3-c1ccccc1. The maximum Gasteiger partial charge on any atom is 0.179 e. The average Bonchev–Trinajstić information content (AvgIpc) is 3.99. The highest BCUT2D eigenvalue weighted by Gasteiger charge is 2.45. The van der Waals surface area contributed by atoms with Gasteiger partial charge < -0.3 is 4.57 Å². The van der Waals surface area contributed by atoms with Gasteiger partial charge in [0, 0.05) is 51.2 Å². The number of imidazole rings is 1. The molecule has 12 aromatic rings. The molecule has 0 amide bonds. The molecule has 65 heavy (non-hydrogen) atoms. The third-order valence-electron chi connectivity index (χ3n) is 14.1. The van der Waals surface area contributed by atoms with E-state index >= 15 is 0 Å². The van der Waals surface area contributed by atoms with Crippen LogP contribution in [0.15, 0.2) is 225 Å². The molecule has 4 aromatic heterocycles. The summed E-state index contributed by atoms with van der Waals surface area (Å²) in [5.41, 5.74) is 10.1. The van der Waals surface area contributed by atoms with Gasteiger partial charge in [-0.25, -0.2) is 9.97 Å². The summed E-state index contributed by atoms with van der Waals surface area (Å²) >= 11 is 0. The van der Waals surface area contributed by atoms with E-state index in [1.54, 1.807) is 0 Å². The molecule has 0 atom stereocenters. The van der Waals surface area contributed by atoms with Crippen LogP contribution in [0.3, 0.4) is 0 Å². The molecule has 0 radical (unpaired) electrons. The molecule has 6 heteroatoms. The van der Waals surface area contributed by atoms with E-state index in [0.717, 1.165) is 39.4 Å². The van der Waals surface area contributed by atoms with Crippen molar-refractivity contribution in [3.8, 4) is 5.69 Å². The van der Waals surface area contributed by atoms with Gasteiger partial charge in [-0.2, -0.15) is 0 Å². The fraction of sp³-hybridized carbons (Fsp3) is 0.0508. The molecule has 0 fully saturated rings. The number of benzene rings is 8. The van der Waals surface area contributed by atoms with Gasteiger partial charge in [0.05, 0.1) is 27.9 Å². The Kier molecular flexibility index (Phi) is 8.20. The maximum absolute atomic E-state index is 5.12. The number of para-hydroxylation sites is 3. The van der Waals surface area contributed by atoms with E-state index in [1.807, 2.05) is 18.5 Å². The summed E-state index contributed by atoms with van der Waals surface area (Å²) in [6.45, 7) is 4.79. The average molecular weight is 850 g/mol. The molecular weight excluding hydrogens is 807 g/mol. The molecule has 0 spiro atoms. The van der Waals surface area contributed by atoms with E-state index in [1.165, 1.54) is 64.5 Å². The van der Waals surface area contributed by atoms with Gasteiger partial charge in [0.1, 0.15) is 11.5 Å². The molecule has 0 N–H and O–H groups in total. The second-order valence-corrected chi connectivity index (χ2v) is 21.6. The zero-order valence-corrected chi connectivity index (χ0v) is 37.1. The Bertz CT molecular complexity index is 3760. The molecule has 0 unspecified atom stereocenters. The highest BCUT2D eigenvalue weighted by Crippen LogP contribution is 2.53. The number of hydrogen-bond acceptors (Lipinski definition) is 3. The summed E-state index contributed by atoms with van der Waals surface area (Å²) in [6, 6.07) is 76.5. The number of pyridine rings is 2. The van der Waals surface area contributed by atoms with Crippen molar-refractivity contribution in [1.82, 2.24) is 18.9 Å². The van der Waals surface area contributed by atoms with Crippen LogP contribution in [-0.2, 0) is 5.41 Å². The Hall–Kier alpha value is -8.06. The van der Waals surface area contributed by atoms with Gasteiger partial charge in [0.25, 0.3) is 0 Å². The van der Waals surface area contributed by atoms with E-state index in [0.29, 0.717) is 0 Å². The minimum atomic E-state index is -3.09. The first-order valence-electron chi connectivity index (χ1n) is 22.4. The Morgan fingerprint density at radius 1 is 0.415 bits per heavy atom. The summed E-state index contributed by atoms with van der Waals surface area (Å²) < 4.78 is 4.66. The van der Waals surface area contributed by atoms with Crippen molar-refractivity contribution in [1.29, 1.82) is 0 Å². The van der Waals surface area contributed by atoms with Crippen LogP contribution in [-0.4, -0.2) is 27.0 Å². The van der Waals surface area contributed by atoms with Crippen LogP contribution < -0.4 is 25.6 Å². The monoisotopic (exact) mass is 849 g/mol. The van der Waals surface area contributed by atoms with E-state index in [-0.39, 0.29) is 5.41 Å². The number of anilines is 3. The summed E-state index contributed by atoms with van der Waals surface area (Å²) in [7, 11) is -3.09. The van der Waals surface area contributed by atoms with Crippen molar-refractivity contribution < 1.29 is 0 Å². The standard InChI is InChI=1S/C59H43N5Si/c1-59(2)50-32-30-44(37-55(50)64(57-28-16-17-33-60-57)56-39-54-48(38-51(56)59)47-25-13-15-27-53(47)63(54)40-18-6-3-7-19-40)65(41-20-8-4-9-21-41,42-22-10-5-11-23-42)43-29-31-45-46-24-12-14-26-52(46)62-35-34-61-58(62)49(45)36-43/h3-39H,1-2H3. The zero-order valence-electron chi connectivity index (χ0n) is 36.1. The molecular formula is C59H43N5Si. The normalized spacial score (nSPS) is 13.5. The minimum Gasteiger partial charge on any atom is -0.309 e. The van der Waals surface area contributed by atoms with Crippen LogP contribution in [0.25, 0.3) is 54.8 Å². The summed E-state index contributed by atoms with van der Waals surface area (Å²) in [5, 5.41) is 11.3. The highest BCUT2D eigenvalue weighted by molar-refractivity contribution is 7.20. The van der Waals surface area contributed by atoms with Crippen molar-refractivity contribution in [2.45, 2.75) is 19.3 Å². The summed E-state index contributed by atoms with van der Waals surface area (Å²) in [5.74, 6) is 0.885. The lowest BCUT2D eigenvalue weighted by Crippen LogP contribution is -2.74. The fourth-order valence-corrected chi connectivity index (χ4v) is 16.0. The van der Waals surface area contributed by atoms with Crippen molar-refractivity contribution in [2.24, 2.45) is 0 Å². The van der Waals surface area contributed by atoms with Gasteiger partial charge in [0.2, 0.25) is 0 Å². The lowest BCUT2D eigenvalue weighted by molar-refractivity contribution is 0.632. The Balaban J connectivity index is 1.13. The van der Waals surface area contributed by atoms with Gasteiger partial charge in [-0.05, 0) is 91.9 Å². The Morgan fingerprint density at radius 3 is 1.75 bits per heavy atom. The highest BCUT2D eigenvalue weighted by atomic mass is 28.3. The first-order chi connectivity index (χ1) is 32.0. The van der Waals surface area contributed by atoms with E-state index in [2.05, 4.69) is 234 Å². The van der Waals surface area contributed by atoms with Crippen molar-refractivity contribution >= 4 is 95.1 Å². The first-order valence-corrected chi connectivity index (χ1v) is 24.4. The Labute approximate surface area is 378 Å². The van der Waals surface area contributed by atoms with Crippen molar-refractivity contribution in [2.75, 3.05) is 4.90 Å². The van der Waals surface area contributed by atoms with Crippen LogP contribution in [0.4, 0.5) is 17.2 Å². The number of nitrogens with zero attached hydrogens (tertiary/aromatic N) is 5. The lowest BCUT2D eigenvalue weighted by atomic mass is 9.73. The molecule has 308 valence electrons. The second-order valence-electron chi connectivity index (χ2n) is 17.8. The van der Waals surface area contributed by atoms with Gasteiger partial charge >= 0.3 is 0 Å². The fourth-order valence-electron chi connectivity index (χ4n) is 11.2. The first kappa shape index (κ1) is 37.5. The molecule has 5 nitrogen and oxygen atoms in total. The minimum absolute atomic E-state index is 0.349. The third-order valence-corrected chi connectivity index (χ3v) is 18.9. The third kappa shape index (κ3) is 5.38. The molecule has 0 saturated carbocycles. The van der Waals surface area contributed by atoms with Gasteiger partial charge in [-0.15, -0.1) is 0 Å². The van der Waals surface area contributed by atoms with Crippen LogP contribution in [0.2, 0.25) is 0 Å². The molecule has 5 heterocycles. The van der Waals surface area contributed by atoms with E-state index in [4.69, 9.17) is 9.97 Å². The molecule has 1 aliphatic rings. The molecule has 13 rings (SSSR count). The number of fused-ring (bicyclic) bond motifs is 11. The number of rotatable bonds is 6. The molecule has 1 aliphatic heterocycles. The van der Waals surface area contributed by atoms with Crippen LogP contribution >= 0.6 is 0 Å². The van der Waals surface area contributed by atoms with Crippen LogP contribution in [0, 0.1) is 0 Å². The quantitative estimate of drug-likeness (QED) is 0.0950. The summed E-state index contributed by atoms with van der Waals surface area (Å²) in [6.07, 6.45) is 5.93. The predicted molar refractivity (Wildman–Crippen MR) is 273 cm³/mol. The van der Waals surface area contributed by atoms with Crippen molar-refractivity contribution in [3.05, 3.63) is 236 Å². The van der Waals surface area contributed by atoms with Gasteiger partial charge in [0.15, 0.2) is 8.07 Å². The van der Waals surface area contributed by atoms with Crippen LogP contribution in [0.5, 0.6) is 0 Å². The molecule has 0 bridgehead atoms. The van der Waals surface area contributed by atoms with Crippen molar-refractivity contribution in [3.63, 3.8) is 0 Å². The smallest absolute Gasteiger partial charge is 0.179 e. The van der Waals surface area contributed by atoms with Crippen LogP contribution in [0.1, 0.15) is 25.0 Å². The predicted octanol–water partition coefficient (Wildman–Crippen LogP) is 11.6. The second kappa shape index (κ2) is 14.2. The summed E-state index contributed by atoms with van der Waals surface area (Å²) in [4.78, 5) is 12.6. The van der Waals surface area contributed by atoms with E-state index in [9.17, 15) is 0 Å². The zero-order chi connectivity index (χ0) is 43.3. The molecule has 8 aromatic carbocycles. The molecule has 0 aliphatic carbocycles. The maximum atomic E-state index is 5.12.